The zero-order valence-corrected chi connectivity index (χ0v) is 20.0. The molecular formula is C22H23BrClNO6. The highest BCUT2D eigenvalue weighted by Crippen LogP contribution is 2.42. The van der Waals surface area contributed by atoms with E-state index in [4.69, 9.17) is 30.5 Å². The molecule has 0 aromatic heterocycles. The quantitative estimate of drug-likeness (QED) is 0.544. The van der Waals surface area contributed by atoms with Crippen LogP contribution in [0.5, 0.6) is 23.0 Å². The van der Waals surface area contributed by atoms with E-state index in [1.807, 2.05) is 0 Å². The van der Waals surface area contributed by atoms with Crippen LogP contribution in [0.25, 0.3) is 0 Å². The van der Waals surface area contributed by atoms with Gasteiger partial charge in [0.05, 0.1) is 28.4 Å². The number of carbonyl (C=O) groups is 2. The van der Waals surface area contributed by atoms with Gasteiger partial charge in [-0.25, -0.2) is 0 Å². The molecule has 31 heavy (non-hydrogen) atoms. The molecule has 0 spiro atoms. The fraction of sp³-hybridized carbons (Fsp3) is 0.364. The Morgan fingerprint density at radius 2 is 1.55 bits per heavy atom. The smallest absolute Gasteiger partial charge is 0.238 e. The van der Waals surface area contributed by atoms with Crippen LogP contribution >= 0.6 is 27.5 Å². The van der Waals surface area contributed by atoms with Crippen molar-refractivity contribution in [1.29, 1.82) is 0 Å². The lowest BCUT2D eigenvalue weighted by Crippen LogP contribution is -2.39. The Morgan fingerprint density at radius 3 is 2.13 bits per heavy atom. The van der Waals surface area contributed by atoms with E-state index in [1.54, 1.807) is 24.3 Å². The molecule has 1 aliphatic rings. The molecule has 1 atom stereocenters. The molecule has 0 N–H and O–H groups in total. The molecule has 7 nitrogen and oxygen atoms in total. The Balaban J connectivity index is 2.23. The van der Waals surface area contributed by atoms with E-state index in [2.05, 4.69) is 15.9 Å². The summed E-state index contributed by atoms with van der Waals surface area (Å²) in [5, 5.41) is 0. The first-order valence-electron chi connectivity index (χ1n) is 9.46. The van der Waals surface area contributed by atoms with Gasteiger partial charge < -0.3 is 23.8 Å². The van der Waals surface area contributed by atoms with E-state index in [0.717, 1.165) is 5.56 Å². The van der Waals surface area contributed by atoms with Gasteiger partial charge in [0.1, 0.15) is 11.9 Å². The molecule has 1 heterocycles. The number of hydrogen-bond donors (Lipinski definition) is 0. The number of Topliss-reactive ketones (excluding diaryl/α,β-unsaturated/α-hetero) is 1. The fourth-order valence-electron chi connectivity index (χ4n) is 3.75. The summed E-state index contributed by atoms with van der Waals surface area (Å²) >= 11 is 9.42. The number of carbonyl (C=O) groups excluding carboxylic acids is 2. The van der Waals surface area contributed by atoms with E-state index in [-0.39, 0.29) is 17.6 Å². The van der Waals surface area contributed by atoms with Crippen LogP contribution in [0.3, 0.4) is 0 Å². The van der Waals surface area contributed by atoms with Gasteiger partial charge in [-0.2, -0.15) is 0 Å². The van der Waals surface area contributed by atoms with Gasteiger partial charge in [0.2, 0.25) is 5.91 Å². The number of halogens is 2. The lowest BCUT2D eigenvalue weighted by Gasteiger charge is -2.30. The van der Waals surface area contributed by atoms with Crippen molar-refractivity contribution in [3.05, 3.63) is 45.4 Å². The van der Waals surface area contributed by atoms with Gasteiger partial charge in [-0.05, 0) is 36.2 Å². The van der Waals surface area contributed by atoms with Crippen LogP contribution in [-0.4, -0.2) is 57.5 Å². The van der Waals surface area contributed by atoms with Gasteiger partial charge in [-0.15, -0.1) is 11.6 Å². The number of alkyl halides is 1. The highest BCUT2D eigenvalue weighted by atomic mass is 79.9. The molecule has 2 aromatic rings. The van der Waals surface area contributed by atoms with Crippen LogP contribution in [0.4, 0.5) is 0 Å². The number of nitrogens with zero attached hydrogens (tertiary/aromatic N) is 1. The normalized spacial score (nSPS) is 15.7. The number of fused-ring (bicyclic) bond motifs is 1. The Morgan fingerprint density at radius 1 is 1.00 bits per heavy atom. The minimum atomic E-state index is -0.903. The third-order valence-corrected chi connectivity index (χ3v) is 6.20. The number of benzene rings is 2. The van der Waals surface area contributed by atoms with Crippen molar-refractivity contribution >= 4 is 39.2 Å². The van der Waals surface area contributed by atoms with E-state index in [1.165, 1.54) is 33.3 Å². The predicted molar refractivity (Wildman–Crippen MR) is 120 cm³/mol. The highest BCUT2D eigenvalue weighted by molar-refractivity contribution is 9.10. The number of amides is 1. The molecule has 1 amide bonds. The van der Waals surface area contributed by atoms with Crippen molar-refractivity contribution in [2.24, 2.45) is 0 Å². The molecule has 0 aliphatic carbocycles. The third kappa shape index (κ3) is 4.32. The van der Waals surface area contributed by atoms with E-state index in [9.17, 15) is 9.59 Å². The molecule has 2 aromatic carbocycles. The lowest BCUT2D eigenvalue weighted by molar-refractivity contribution is -0.130. The summed E-state index contributed by atoms with van der Waals surface area (Å²) < 4.78 is 22.2. The van der Waals surface area contributed by atoms with Crippen LogP contribution in [0.15, 0.2) is 28.7 Å². The van der Waals surface area contributed by atoms with Gasteiger partial charge in [0, 0.05) is 22.1 Å². The predicted octanol–water partition coefficient (Wildman–Crippen LogP) is 4.03. The maximum Gasteiger partial charge on any atom is 0.238 e. The molecule has 0 fully saturated rings. The zero-order chi connectivity index (χ0) is 22.7. The van der Waals surface area contributed by atoms with E-state index >= 15 is 0 Å². The molecule has 0 saturated carbocycles. The SMILES string of the molecule is COc1cc(Br)c(C2C(=O)c3cc(OC)c(OC)cc3CCN2C(=O)CCl)cc1OC. The molecule has 1 unspecified atom stereocenters. The van der Waals surface area contributed by atoms with Crippen molar-refractivity contribution in [2.45, 2.75) is 12.5 Å². The largest absolute Gasteiger partial charge is 0.493 e. The first-order chi connectivity index (χ1) is 14.9. The third-order valence-electron chi connectivity index (χ3n) is 5.29. The van der Waals surface area contributed by atoms with Crippen molar-refractivity contribution in [3.63, 3.8) is 0 Å². The average Bonchev–Trinajstić information content (AvgIpc) is 2.93. The molecule has 1 aliphatic heterocycles. The highest BCUT2D eigenvalue weighted by Gasteiger charge is 2.37. The Hall–Kier alpha value is -2.45. The number of hydrogen-bond acceptors (Lipinski definition) is 6. The molecular weight excluding hydrogens is 490 g/mol. The maximum absolute atomic E-state index is 13.8. The topological polar surface area (TPSA) is 74.3 Å². The van der Waals surface area contributed by atoms with Crippen LogP contribution < -0.4 is 18.9 Å². The lowest BCUT2D eigenvalue weighted by atomic mass is 9.93. The molecule has 3 rings (SSSR count). The molecule has 9 heteroatoms. The van der Waals surface area contributed by atoms with Crippen molar-refractivity contribution in [1.82, 2.24) is 4.90 Å². The van der Waals surface area contributed by atoms with Crippen LogP contribution in [0.1, 0.15) is 27.5 Å². The summed E-state index contributed by atoms with van der Waals surface area (Å²) in [6, 6.07) is 5.95. The fourth-order valence-corrected chi connectivity index (χ4v) is 4.44. The summed E-state index contributed by atoms with van der Waals surface area (Å²) in [6.45, 7) is 0.311. The van der Waals surface area contributed by atoms with Crippen LogP contribution in [0, 0.1) is 0 Å². The number of rotatable bonds is 6. The monoisotopic (exact) mass is 511 g/mol. The number of ether oxygens (including phenoxy) is 4. The number of methoxy groups -OCH3 is 4. The second-order valence-corrected chi connectivity index (χ2v) is 7.95. The average molecular weight is 513 g/mol. The zero-order valence-electron chi connectivity index (χ0n) is 17.7. The van der Waals surface area contributed by atoms with Crippen molar-refractivity contribution in [2.75, 3.05) is 40.9 Å². The Kier molecular flexibility index (Phi) is 7.33. The second kappa shape index (κ2) is 9.78. The Bertz CT molecular complexity index is 1010. The van der Waals surface area contributed by atoms with Crippen molar-refractivity contribution in [3.8, 4) is 23.0 Å². The standard InChI is InChI=1S/C22H23BrClNO6/c1-28-16-7-12-5-6-25(20(26)11-24)21(22(27)13(12)8-17(16)29-2)14-9-18(30-3)19(31-4)10-15(14)23/h7-10,21H,5-6,11H2,1-4H3. The summed E-state index contributed by atoms with van der Waals surface area (Å²) in [5.74, 6) is 1.09. The minimum absolute atomic E-state index is 0.238. The molecule has 166 valence electrons. The first-order valence-corrected chi connectivity index (χ1v) is 10.8. The van der Waals surface area contributed by atoms with Crippen LogP contribution in [0.2, 0.25) is 0 Å². The summed E-state index contributed by atoms with van der Waals surface area (Å²) in [5.41, 5.74) is 1.81. The Labute approximate surface area is 194 Å². The van der Waals surface area contributed by atoms with E-state index < -0.39 is 6.04 Å². The van der Waals surface area contributed by atoms with Gasteiger partial charge in [-0.1, -0.05) is 15.9 Å². The molecule has 0 radical (unpaired) electrons. The van der Waals surface area contributed by atoms with Gasteiger partial charge >= 0.3 is 0 Å². The minimum Gasteiger partial charge on any atom is -0.493 e. The molecule has 0 saturated heterocycles. The summed E-state index contributed by atoms with van der Waals surface area (Å²) in [4.78, 5) is 28.1. The molecule has 0 bridgehead atoms. The summed E-state index contributed by atoms with van der Waals surface area (Å²) in [7, 11) is 6.09. The van der Waals surface area contributed by atoms with Crippen LogP contribution in [-0.2, 0) is 11.2 Å². The van der Waals surface area contributed by atoms with Gasteiger partial charge in [0.25, 0.3) is 0 Å². The number of ketones is 1. The van der Waals surface area contributed by atoms with Gasteiger partial charge in [-0.3, -0.25) is 9.59 Å². The first kappa shape index (κ1) is 23.2. The maximum atomic E-state index is 13.8. The second-order valence-electron chi connectivity index (χ2n) is 6.83. The van der Waals surface area contributed by atoms with Gasteiger partial charge in [0.15, 0.2) is 28.8 Å². The summed E-state index contributed by atoms with van der Waals surface area (Å²) in [6.07, 6.45) is 0.464. The van der Waals surface area contributed by atoms with Crippen molar-refractivity contribution < 1.29 is 28.5 Å². The van der Waals surface area contributed by atoms with E-state index in [0.29, 0.717) is 51.6 Å².